The van der Waals surface area contributed by atoms with Crippen LogP contribution in [0.1, 0.15) is 5.89 Å². The van der Waals surface area contributed by atoms with Crippen LogP contribution in [-0.4, -0.2) is 10.2 Å². The van der Waals surface area contributed by atoms with Gasteiger partial charge in [-0.05, 0) is 23.7 Å². The van der Waals surface area contributed by atoms with E-state index in [2.05, 4.69) is 10.2 Å². The smallest absolute Gasteiger partial charge is 0.284 e. The van der Waals surface area contributed by atoms with Gasteiger partial charge in [0.1, 0.15) is 5.75 Å². The van der Waals surface area contributed by atoms with Crippen LogP contribution in [-0.2, 0) is 6.61 Å². The fourth-order valence-corrected chi connectivity index (χ4v) is 1.93. The van der Waals surface area contributed by atoms with Crippen molar-refractivity contribution < 1.29 is 9.15 Å². The van der Waals surface area contributed by atoms with Gasteiger partial charge in [0, 0.05) is 5.39 Å². The molecule has 0 saturated carbocycles. The van der Waals surface area contributed by atoms with E-state index in [-0.39, 0.29) is 11.4 Å². The largest absolute Gasteiger partial charge is 0.483 e. The minimum atomic E-state index is 0.251. The molecule has 90 valence electrons. The van der Waals surface area contributed by atoms with Crippen LogP contribution < -0.4 is 4.74 Å². The van der Waals surface area contributed by atoms with Gasteiger partial charge in [-0.15, -0.1) is 5.10 Å². The van der Waals surface area contributed by atoms with Crippen LogP contribution in [0.25, 0.3) is 10.8 Å². The van der Waals surface area contributed by atoms with Crippen molar-refractivity contribution in [3.63, 3.8) is 0 Å². The van der Waals surface area contributed by atoms with Crippen LogP contribution in [0, 0.1) is 4.84 Å². The van der Waals surface area contributed by atoms with Crippen molar-refractivity contribution in [2.45, 2.75) is 6.61 Å². The minimum Gasteiger partial charge on any atom is -0.483 e. The molecule has 0 unspecified atom stereocenters. The minimum absolute atomic E-state index is 0.251. The molecule has 0 atom stereocenters. The first-order chi connectivity index (χ1) is 8.83. The van der Waals surface area contributed by atoms with Crippen molar-refractivity contribution in [3.05, 3.63) is 53.2 Å². The molecule has 1 aromatic heterocycles. The van der Waals surface area contributed by atoms with Gasteiger partial charge in [-0.3, -0.25) is 0 Å². The molecule has 1 heterocycles. The van der Waals surface area contributed by atoms with Gasteiger partial charge in [-0.2, -0.15) is 0 Å². The van der Waals surface area contributed by atoms with Crippen LogP contribution >= 0.6 is 12.2 Å². The average molecular weight is 258 g/mol. The van der Waals surface area contributed by atoms with E-state index >= 15 is 0 Å². The molecule has 3 aromatic rings. The summed E-state index contributed by atoms with van der Waals surface area (Å²) >= 11 is 4.80. The predicted molar refractivity (Wildman–Crippen MR) is 70.0 cm³/mol. The summed E-state index contributed by atoms with van der Waals surface area (Å²) in [5, 5.41) is 8.65. The number of nitrogens with one attached hydrogen (secondary N) is 1. The molecular weight excluding hydrogens is 248 g/mol. The maximum absolute atomic E-state index is 5.70. The van der Waals surface area contributed by atoms with Gasteiger partial charge in [0.25, 0.3) is 10.7 Å². The highest BCUT2D eigenvalue weighted by molar-refractivity contribution is 7.71. The number of aromatic nitrogens is 2. The van der Waals surface area contributed by atoms with Crippen LogP contribution in [0.2, 0.25) is 0 Å². The van der Waals surface area contributed by atoms with Crippen molar-refractivity contribution in [2.75, 3.05) is 0 Å². The number of hydrogen-bond acceptors (Lipinski definition) is 4. The number of hydrogen-bond donors (Lipinski definition) is 1. The first kappa shape index (κ1) is 11.0. The molecular formula is C13H10N2O2S. The van der Waals surface area contributed by atoms with Gasteiger partial charge in [-0.1, -0.05) is 36.4 Å². The molecule has 3 rings (SSSR count). The van der Waals surface area contributed by atoms with Crippen molar-refractivity contribution in [3.8, 4) is 5.75 Å². The van der Waals surface area contributed by atoms with Crippen LogP contribution in [0.3, 0.4) is 0 Å². The Morgan fingerprint density at radius 3 is 2.83 bits per heavy atom. The summed E-state index contributed by atoms with van der Waals surface area (Å²) < 4.78 is 10.8. The third-order valence-electron chi connectivity index (χ3n) is 2.58. The standard InChI is InChI=1S/C13H10N2O2S/c18-13-15-14-12(17-13)8-16-11-7-3-5-9-4-1-2-6-10(9)11/h1-7H,8H2,(H,15,18). The Bertz CT molecular complexity index is 727. The third kappa shape index (κ3) is 2.12. The normalized spacial score (nSPS) is 10.7. The van der Waals surface area contributed by atoms with E-state index in [0.29, 0.717) is 5.89 Å². The molecule has 0 radical (unpaired) electrons. The molecule has 1 N–H and O–H groups in total. The zero-order chi connectivity index (χ0) is 12.4. The van der Waals surface area contributed by atoms with Crippen LogP contribution in [0.15, 0.2) is 46.9 Å². The Morgan fingerprint density at radius 1 is 1.17 bits per heavy atom. The number of ether oxygens (including phenoxy) is 1. The molecule has 5 heteroatoms. The summed E-state index contributed by atoms with van der Waals surface area (Å²) in [4.78, 5) is 0.256. The number of aromatic amines is 1. The summed E-state index contributed by atoms with van der Waals surface area (Å²) in [5.74, 6) is 1.24. The van der Waals surface area contributed by atoms with Gasteiger partial charge >= 0.3 is 0 Å². The van der Waals surface area contributed by atoms with E-state index in [1.807, 2.05) is 42.5 Å². The Hall–Kier alpha value is -2.14. The molecule has 0 aliphatic rings. The van der Waals surface area contributed by atoms with E-state index in [1.165, 1.54) is 0 Å². The Balaban J connectivity index is 1.88. The number of H-pyrrole nitrogens is 1. The second-order valence-corrected chi connectivity index (χ2v) is 4.14. The Morgan fingerprint density at radius 2 is 2.00 bits per heavy atom. The SMILES string of the molecule is S=c1[nH]nc(COc2cccc3ccccc23)o1. The second kappa shape index (κ2) is 4.62. The van der Waals surface area contributed by atoms with Gasteiger partial charge in [0.15, 0.2) is 6.61 Å². The molecule has 2 aromatic carbocycles. The summed E-state index contributed by atoms with van der Waals surface area (Å²) in [5.41, 5.74) is 0. The van der Waals surface area contributed by atoms with Gasteiger partial charge < -0.3 is 9.15 Å². The number of benzene rings is 2. The molecule has 0 aliphatic carbocycles. The van der Waals surface area contributed by atoms with E-state index in [9.17, 15) is 0 Å². The van der Waals surface area contributed by atoms with E-state index < -0.39 is 0 Å². The zero-order valence-electron chi connectivity index (χ0n) is 9.42. The molecule has 0 spiro atoms. The van der Waals surface area contributed by atoms with Crippen molar-refractivity contribution >= 4 is 23.0 Å². The van der Waals surface area contributed by atoms with Gasteiger partial charge in [-0.25, -0.2) is 5.10 Å². The van der Waals surface area contributed by atoms with E-state index in [4.69, 9.17) is 21.4 Å². The molecule has 0 amide bonds. The zero-order valence-corrected chi connectivity index (χ0v) is 10.2. The van der Waals surface area contributed by atoms with E-state index in [1.54, 1.807) is 0 Å². The molecule has 4 nitrogen and oxygen atoms in total. The van der Waals surface area contributed by atoms with Gasteiger partial charge in [0.05, 0.1) is 0 Å². The van der Waals surface area contributed by atoms with Crippen LogP contribution in [0.4, 0.5) is 0 Å². The average Bonchev–Trinajstić information content (AvgIpc) is 2.82. The third-order valence-corrected chi connectivity index (χ3v) is 2.76. The highest BCUT2D eigenvalue weighted by Crippen LogP contribution is 2.25. The highest BCUT2D eigenvalue weighted by atomic mass is 32.1. The summed E-state index contributed by atoms with van der Waals surface area (Å²) in [6.07, 6.45) is 0. The van der Waals surface area contributed by atoms with Crippen molar-refractivity contribution in [2.24, 2.45) is 0 Å². The predicted octanol–water partition coefficient (Wildman–Crippen LogP) is 3.46. The lowest BCUT2D eigenvalue weighted by Gasteiger charge is -2.06. The molecule has 0 aliphatic heterocycles. The van der Waals surface area contributed by atoms with E-state index in [0.717, 1.165) is 16.5 Å². The maximum Gasteiger partial charge on any atom is 0.284 e. The first-order valence-electron chi connectivity index (χ1n) is 5.48. The topological polar surface area (TPSA) is 51.0 Å². The number of fused-ring (bicyclic) bond motifs is 1. The Labute approximate surface area is 108 Å². The number of rotatable bonds is 3. The first-order valence-corrected chi connectivity index (χ1v) is 5.89. The maximum atomic E-state index is 5.70. The highest BCUT2D eigenvalue weighted by Gasteiger charge is 2.04. The summed E-state index contributed by atoms with van der Waals surface area (Å²) in [7, 11) is 0. The number of nitrogens with zero attached hydrogens (tertiary/aromatic N) is 1. The fraction of sp³-hybridized carbons (Fsp3) is 0.0769. The lowest BCUT2D eigenvalue weighted by molar-refractivity contribution is 0.264. The van der Waals surface area contributed by atoms with Crippen molar-refractivity contribution in [1.29, 1.82) is 0 Å². The fourth-order valence-electron chi connectivity index (χ4n) is 1.78. The van der Waals surface area contributed by atoms with Crippen molar-refractivity contribution in [1.82, 2.24) is 10.2 Å². The summed E-state index contributed by atoms with van der Waals surface area (Å²) in [6, 6.07) is 14.0. The molecule has 18 heavy (non-hydrogen) atoms. The molecule has 0 fully saturated rings. The van der Waals surface area contributed by atoms with Crippen LogP contribution in [0.5, 0.6) is 5.75 Å². The Kier molecular flexibility index (Phi) is 2.82. The quantitative estimate of drug-likeness (QED) is 0.731. The second-order valence-electron chi connectivity index (χ2n) is 3.77. The lowest BCUT2D eigenvalue weighted by Crippen LogP contribution is -1.96. The molecule has 0 bridgehead atoms. The van der Waals surface area contributed by atoms with Gasteiger partial charge in [0.2, 0.25) is 0 Å². The lowest BCUT2D eigenvalue weighted by atomic mass is 10.1. The molecule has 0 saturated heterocycles. The summed E-state index contributed by atoms with van der Waals surface area (Å²) in [6.45, 7) is 0.251. The monoisotopic (exact) mass is 258 g/mol.